The zero-order valence-electron chi connectivity index (χ0n) is 14.5. The Morgan fingerprint density at radius 1 is 1.12 bits per heavy atom. The SMILES string of the molecule is COc1ccc(CNC2CCOCC2)c(Br)c1OCc1ccccc1. The van der Waals surface area contributed by atoms with E-state index >= 15 is 0 Å². The van der Waals surface area contributed by atoms with Gasteiger partial charge < -0.3 is 19.5 Å². The van der Waals surface area contributed by atoms with Gasteiger partial charge in [0.25, 0.3) is 0 Å². The van der Waals surface area contributed by atoms with E-state index in [1.165, 1.54) is 0 Å². The van der Waals surface area contributed by atoms with E-state index in [-0.39, 0.29) is 0 Å². The Morgan fingerprint density at radius 3 is 2.60 bits per heavy atom. The fourth-order valence-electron chi connectivity index (χ4n) is 2.90. The highest BCUT2D eigenvalue weighted by Gasteiger charge is 2.17. The van der Waals surface area contributed by atoms with Gasteiger partial charge in [-0.05, 0) is 46.0 Å². The van der Waals surface area contributed by atoms with Crippen LogP contribution >= 0.6 is 15.9 Å². The molecule has 1 heterocycles. The van der Waals surface area contributed by atoms with Gasteiger partial charge in [0, 0.05) is 25.8 Å². The molecule has 0 aliphatic carbocycles. The number of methoxy groups -OCH3 is 1. The molecule has 5 heteroatoms. The van der Waals surface area contributed by atoms with Crippen LogP contribution in [0.15, 0.2) is 46.9 Å². The predicted octanol–water partition coefficient (Wildman–Crippen LogP) is 4.31. The lowest BCUT2D eigenvalue weighted by Gasteiger charge is -2.24. The van der Waals surface area contributed by atoms with Gasteiger partial charge in [0.05, 0.1) is 11.6 Å². The molecule has 3 rings (SSSR count). The van der Waals surface area contributed by atoms with Gasteiger partial charge in [-0.2, -0.15) is 0 Å². The molecule has 0 atom stereocenters. The second-order valence-electron chi connectivity index (χ2n) is 6.11. The van der Waals surface area contributed by atoms with Crippen LogP contribution in [0.2, 0.25) is 0 Å². The second kappa shape index (κ2) is 9.22. The largest absolute Gasteiger partial charge is 0.493 e. The lowest BCUT2D eigenvalue weighted by molar-refractivity contribution is 0.0776. The summed E-state index contributed by atoms with van der Waals surface area (Å²) >= 11 is 3.70. The summed E-state index contributed by atoms with van der Waals surface area (Å²) in [6.45, 7) is 2.98. The van der Waals surface area contributed by atoms with Gasteiger partial charge in [-0.3, -0.25) is 0 Å². The molecular formula is C20H24BrNO3. The van der Waals surface area contributed by atoms with E-state index in [9.17, 15) is 0 Å². The van der Waals surface area contributed by atoms with E-state index in [0.717, 1.165) is 59.7 Å². The minimum atomic E-state index is 0.507. The van der Waals surface area contributed by atoms with Crippen molar-refractivity contribution in [2.75, 3.05) is 20.3 Å². The van der Waals surface area contributed by atoms with Crippen LogP contribution < -0.4 is 14.8 Å². The number of hydrogen-bond acceptors (Lipinski definition) is 4. The molecule has 134 valence electrons. The Labute approximate surface area is 157 Å². The molecule has 0 radical (unpaired) electrons. The highest BCUT2D eigenvalue weighted by molar-refractivity contribution is 9.10. The van der Waals surface area contributed by atoms with E-state index < -0.39 is 0 Å². The maximum atomic E-state index is 6.06. The van der Waals surface area contributed by atoms with E-state index in [1.807, 2.05) is 24.3 Å². The molecule has 1 fully saturated rings. The monoisotopic (exact) mass is 405 g/mol. The Hall–Kier alpha value is -1.56. The smallest absolute Gasteiger partial charge is 0.176 e. The van der Waals surface area contributed by atoms with Crippen molar-refractivity contribution in [3.63, 3.8) is 0 Å². The maximum absolute atomic E-state index is 6.06. The molecule has 0 spiro atoms. The van der Waals surface area contributed by atoms with E-state index in [4.69, 9.17) is 14.2 Å². The molecule has 0 saturated carbocycles. The van der Waals surface area contributed by atoms with Crippen molar-refractivity contribution in [3.05, 3.63) is 58.1 Å². The number of benzene rings is 2. The van der Waals surface area contributed by atoms with Crippen molar-refractivity contribution < 1.29 is 14.2 Å². The molecule has 0 unspecified atom stereocenters. The van der Waals surface area contributed by atoms with Gasteiger partial charge in [-0.15, -0.1) is 0 Å². The highest BCUT2D eigenvalue weighted by atomic mass is 79.9. The van der Waals surface area contributed by atoms with Crippen molar-refractivity contribution in [2.45, 2.75) is 32.0 Å². The number of rotatable bonds is 7. The van der Waals surface area contributed by atoms with Crippen LogP contribution in [-0.4, -0.2) is 26.4 Å². The fraction of sp³-hybridized carbons (Fsp3) is 0.400. The van der Waals surface area contributed by atoms with Gasteiger partial charge in [0.1, 0.15) is 6.61 Å². The lowest BCUT2D eigenvalue weighted by Crippen LogP contribution is -2.34. The fourth-order valence-corrected chi connectivity index (χ4v) is 3.48. The van der Waals surface area contributed by atoms with Crippen LogP contribution in [0.25, 0.3) is 0 Å². The molecule has 1 saturated heterocycles. The first-order valence-electron chi connectivity index (χ1n) is 8.61. The second-order valence-corrected chi connectivity index (χ2v) is 6.90. The van der Waals surface area contributed by atoms with Crippen LogP contribution in [0.3, 0.4) is 0 Å². The molecule has 4 nitrogen and oxygen atoms in total. The molecule has 2 aromatic rings. The highest BCUT2D eigenvalue weighted by Crippen LogP contribution is 2.38. The van der Waals surface area contributed by atoms with Crippen LogP contribution in [0, 0.1) is 0 Å². The van der Waals surface area contributed by atoms with Crippen LogP contribution in [-0.2, 0) is 17.9 Å². The van der Waals surface area contributed by atoms with E-state index in [2.05, 4.69) is 39.4 Å². The molecule has 0 bridgehead atoms. The average Bonchev–Trinajstić information content (AvgIpc) is 2.67. The molecule has 25 heavy (non-hydrogen) atoms. The first-order valence-corrected chi connectivity index (χ1v) is 9.40. The Balaban J connectivity index is 1.69. The third kappa shape index (κ3) is 4.97. The molecule has 1 aliphatic rings. The number of nitrogens with one attached hydrogen (secondary N) is 1. The Morgan fingerprint density at radius 2 is 1.88 bits per heavy atom. The third-order valence-corrected chi connectivity index (χ3v) is 5.26. The first-order chi connectivity index (χ1) is 12.3. The molecule has 2 aromatic carbocycles. The minimum absolute atomic E-state index is 0.507. The molecule has 1 N–H and O–H groups in total. The van der Waals surface area contributed by atoms with Gasteiger partial charge in [0.2, 0.25) is 0 Å². The maximum Gasteiger partial charge on any atom is 0.176 e. The van der Waals surface area contributed by atoms with Crippen LogP contribution in [0.5, 0.6) is 11.5 Å². The predicted molar refractivity (Wildman–Crippen MR) is 102 cm³/mol. The summed E-state index contributed by atoms with van der Waals surface area (Å²) in [6.07, 6.45) is 2.12. The first kappa shape index (κ1) is 18.2. The minimum Gasteiger partial charge on any atom is -0.493 e. The summed E-state index contributed by atoms with van der Waals surface area (Å²) in [4.78, 5) is 0. The Kier molecular flexibility index (Phi) is 6.73. The quantitative estimate of drug-likeness (QED) is 0.744. The van der Waals surface area contributed by atoms with Crippen molar-refractivity contribution in [3.8, 4) is 11.5 Å². The van der Waals surface area contributed by atoms with Crippen LogP contribution in [0.4, 0.5) is 0 Å². The van der Waals surface area contributed by atoms with Gasteiger partial charge in [0.15, 0.2) is 11.5 Å². The van der Waals surface area contributed by atoms with E-state index in [0.29, 0.717) is 12.6 Å². The molecule has 0 aromatic heterocycles. The number of ether oxygens (including phenoxy) is 3. The summed E-state index contributed by atoms with van der Waals surface area (Å²) < 4.78 is 17.9. The topological polar surface area (TPSA) is 39.7 Å². The molecule has 0 amide bonds. The number of hydrogen-bond donors (Lipinski definition) is 1. The zero-order valence-corrected chi connectivity index (χ0v) is 16.1. The average molecular weight is 406 g/mol. The van der Waals surface area contributed by atoms with Crippen LogP contribution in [0.1, 0.15) is 24.0 Å². The van der Waals surface area contributed by atoms with Crippen molar-refractivity contribution in [2.24, 2.45) is 0 Å². The van der Waals surface area contributed by atoms with Gasteiger partial charge >= 0.3 is 0 Å². The summed E-state index contributed by atoms with van der Waals surface area (Å²) in [7, 11) is 1.66. The lowest BCUT2D eigenvalue weighted by atomic mass is 10.1. The summed E-state index contributed by atoms with van der Waals surface area (Å²) in [5.41, 5.74) is 2.29. The van der Waals surface area contributed by atoms with Gasteiger partial charge in [-0.25, -0.2) is 0 Å². The third-order valence-electron chi connectivity index (χ3n) is 4.39. The zero-order chi connectivity index (χ0) is 17.5. The normalized spacial score (nSPS) is 15.1. The Bertz CT molecular complexity index is 672. The standard InChI is InChI=1S/C20H24BrNO3/c1-23-18-8-7-16(13-22-17-9-11-24-12-10-17)19(21)20(18)25-14-15-5-3-2-4-6-15/h2-8,17,22H,9-14H2,1H3. The van der Waals surface area contributed by atoms with Crippen molar-refractivity contribution in [1.29, 1.82) is 0 Å². The summed E-state index contributed by atoms with van der Waals surface area (Å²) in [6, 6.07) is 14.7. The summed E-state index contributed by atoms with van der Waals surface area (Å²) in [5, 5.41) is 3.61. The molecular weight excluding hydrogens is 382 g/mol. The number of halogens is 1. The van der Waals surface area contributed by atoms with E-state index in [1.54, 1.807) is 7.11 Å². The molecule has 1 aliphatic heterocycles. The van der Waals surface area contributed by atoms with Crippen molar-refractivity contribution in [1.82, 2.24) is 5.32 Å². The van der Waals surface area contributed by atoms with Gasteiger partial charge in [-0.1, -0.05) is 36.4 Å². The van der Waals surface area contributed by atoms with Crippen molar-refractivity contribution >= 4 is 15.9 Å². The summed E-state index contributed by atoms with van der Waals surface area (Å²) in [5.74, 6) is 1.48.